The first-order valence-corrected chi connectivity index (χ1v) is 27.9. The molecule has 3 aromatic heterocycles. The number of hydrogen-bond donors (Lipinski definition) is 4. The van der Waals surface area contributed by atoms with Crippen LogP contribution in [0, 0.1) is 28.4 Å². The number of hydrogen-bond acceptors (Lipinski definition) is 14. The van der Waals surface area contributed by atoms with Gasteiger partial charge >= 0.3 is 0 Å². The minimum Gasteiger partial charge on any atom is -0.493 e. The number of nitrogens with one attached hydrogen (secondary N) is 3. The van der Waals surface area contributed by atoms with E-state index in [0.717, 1.165) is 105 Å². The van der Waals surface area contributed by atoms with E-state index in [1.54, 1.807) is 31.5 Å². The molecule has 4 N–H and O–H groups in total. The summed E-state index contributed by atoms with van der Waals surface area (Å²) >= 11 is 0. The lowest BCUT2D eigenvalue weighted by Crippen LogP contribution is -2.68. The molecule has 0 radical (unpaired) electrons. The van der Waals surface area contributed by atoms with Crippen LogP contribution in [0.25, 0.3) is 22.0 Å². The van der Waals surface area contributed by atoms with Gasteiger partial charge in [0.15, 0.2) is 11.3 Å². The van der Waals surface area contributed by atoms with Crippen LogP contribution in [0.3, 0.4) is 0 Å². The van der Waals surface area contributed by atoms with Gasteiger partial charge in [-0.1, -0.05) is 38.1 Å². The summed E-state index contributed by atoms with van der Waals surface area (Å²) in [4.78, 5) is 40.4. The Morgan fingerprint density at radius 1 is 0.987 bits per heavy atom. The Kier molecular flexibility index (Phi) is 13.6. The SMILES string of the molecule is COc1cc(CN2CCN(C3CC4(C3)CN(c3ccc(C(=O)NS(=O)(=O)c5ccc(NCC6CCC(C)(O)CC6)c([N+](=O)[O-])c5)c(Oc5cnc6[nH]ccc6c5)c3)C4)[C@H](c3ccccc3C(C)C)C2)cc2cc(C)oc12. The number of aromatic nitrogens is 2. The highest BCUT2D eigenvalue weighted by Crippen LogP contribution is 2.54. The van der Waals surface area contributed by atoms with Crippen LogP contribution in [0.4, 0.5) is 17.1 Å². The number of carbonyl (C=O) groups is 1. The number of rotatable bonds is 16. The summed E-state index contributed by atoms with van der Waals surface area (Å²) in [6.45, 7) is 14.0. The minimum absolute atomic E-state index is 0.0391. The standard InChI is InChI=1S/C58H66N8O9S/c1-36(2)46-8-6-7-9-47(46)51-33-63(32-39-23-41-22-37(3)74-54(41)53(24-39)73-5)20-21-65(51)43-28-58(29-43)34-64(35-58)42-10-12-48(52(26-42)75-44-25-40-16-19-59-55(40)61-31-44)56(67)62-76(71,72)45-11-13-49(50(27-45)66(69)70)60-30-38-14-17-57(4,68)18-15-38/h6-13,16,19,22-27,31,36,38,43,51,60,68H,14-15,17-18,20-21,28-30,32-35H2,1-5H3,(H,59,61)(H,62,67)/t38?,51-,57?/m0/s1. The summed E-state index contributed by atoms with van der Waals surface area (Å²) in [5.41, 5.74) is 5.33. The van der Waals surface area contributed by atoms with Gasteiger partial charge in [0.25, 0.3) is 21.6 Å². The zero-order valence-corrected chi connectivity index (χ0v) is 44.5. The predicted molar refractivity (Wildman–Crippen MR) is 292 cm³/mol. The summed E-state index contributed by atoms with van der Waals surface area (Å²) in [5.74, 6) is 1.71. The molecule has 76 heavy (non-hydrogen) atoms. The second-order valence-electron chi connectivity index (χ2n) is 22.3. The lowest BCUT2D eigenvalue weighted by molar-refractivity contribution is -0.384. The molecule has 2 aliphatic heterocycles. The van der Waals surface area contributed by atoms with Crippen molar-refractivity contribution in [2.24, 2.45) is 11.3 Å². The number of H-pyrrole nitrogens is 1. The first-order chi connectivity index (χ1) is 36.4. The molecule has 5 heterocycles. The molecule has 18 heteroatoms. The first kappa shape index (κ1) is 51.1. The van der Waals surface area contributed by atoms with E-state index in [2.05, 4.69) is 91.0 Å². The molecule has 4 aliphatic rings. The maximum absolute atomic E-state index is 14.1. The van der Waals surface area contributed by atoms with Gasteiger partial charge in [0, 0.05) is 98.1 Å². The minimum atomic E-state index is -4.60. The van der Waals surface area contributed by atoms with Crippen molar-refractivity contribution in [2.75, 3.05) is 56.6 Å². The van der Waals surface area contributed by atoms with Gasteiger partial charge in [-0.3, -0.25) is 24.7 Å². The van der Waals surface area contributed by atoms with E-state index in [1.807, 2.05) is 26.0 Å². The number of anilines is 2. The second kappa shape index (κ2) is 20.2. The number of fused-ring (bicyclic) bond motifs is 2. The molecule has 1 amide bonds. The summed E-state index contributed by atoms with van der Waals surface area (Å²) in [5, 5.41) is 27.6. The molecule has 7 aromatic rings. The molecule has 1 spiro atoms. The van der Waals surface area contributed by atoms with E-state index in [0.29, 0.717) is 42.7 Å². The van der Waals surface area contributed by atoms with Crippen LogP contribution in [0.2, 0.25) is 0 Å². The number of aromatic amines is 1. The average molecular weight is 1050 g/mol. The molecule has 4 fully saturated rings. The molecule has 398 valence electrons. The van der Waals surface area contributed by atoms with E-state index in [-0.39, 0.29) is 34.4 Å². The van der Waals surface area contributed by atoms with E-state index in [1.165, 1.54) is 35.0 Å². The first-order valence-electron chi connectivity index (χ1n) is 26.4. The van der Waals surface area contributed by atoms with Crippen molar-refractivity contribution in [3.63, 3.8) is 0 Å². The van der Waals surface area contributed by atoms with Crippen LogP contribution in [-0.2, 0) is 16.6 Å². The maximum atomic E-state index is 14.1. The normalized spacial score (nSPS) is 21.2. The van der Waals surface area contributed by atoms with Gasteiger partial charge in [0.1, 0.15) is 28.6 Å². The molecule has 0 unspecified atom stereocenters. The van der Waals surface area contributed by atoms with Gasteiger partial charge in [-0.2, -0.15) is 0 Å². The summed E-state index contributed by atoms with van der Waals surface area (Å²) in [6.07, 6.45) is 8.19. The van der Waals surface area contributed by atoms with Crippen LogP contribution in [0.5, 0.6) is 17.2 Å². The fraction of sp³-hybridized carbons (Fsp3) is 0.414. The number of pyridine rings is 1. The van der Waals surface area contributed by atoms with Crippen molar-refractivity contribution >= 4 is 55.0 Å². The van der Waals surface area contributed by atoms with E-state index >= 15 is 0 Å². The summed E-state index contributed by atoms with van der Waals surface area (Å²) in [6, 6.07) is 28.3. The van der Waals surface area contributed by atoms with Crippen molar-refractivity contribution < 1.29 is 37.1 Å². The highest BCUT2D eigenvalue weighted by molar-refractivity contribution is 7.90. The molecule has 4 aromatic carbocycles. The maximum Gasteiger partial charge on any atom is 0.293 e. The van der Waals surface area contributed by atoms with Crippen molar-refractivity contribution in [2.45, 2.75) is 101 Å². The number of benzene rings is 4. The van der Waals surface area contributed by atoms with Gasteiger partial charge in [0.05, 0.1) is 34.3 Å². The number of sulfonamides is 1. The zero-order chi connectivity index (χ0) is 53.1. The third kappa shape index (κ3) is 10.3. The van der Waals surface area contributed by atoms with Gasteiger partial charge in [-0.25, -0.2) is 18.1 Å². The summed E-state index contributed by atoms with van der Waals surface area (Å²) in [7, 11) is -2.90. The third-order valence-corrected chi connectivity index (χ3v) is 17.7. The van der Waals surface area contributed by atoms with Gasteiger partial charge < -0.3 is 34.2 Å². The number of amides is 1. The fourth-order valence-corrected chi connectivity index (χ4v) is 13.3. The smallest absolute Gasteiger partial charge is 0.293 e. The van der Waals surface area contributed by atoms with E-state index in [9.17, 15) is 28.4 Å². The number of methoxy groups -OCH3 is 1. The van der Waals surface area contributed by atoms with Crippen molar-refractivity contribution in [3.8, 4) is 17.2 Å². The monoisotopic (exact) mass is 1050 g/mol. The van der Waals surface area contributed by atoms with Crippen LogP contribution in [0.1, 0.15) is 104 Å². The molecule has 0 bridgehead atoms. The quantitative estimate of drug-likeness (QED) is 0.0525. The van der Waals surface area contributed by atoms with E-state index in [4.69, 9.17) is 13.9 Å². The molecule has 2 aliphatic carbocycles. The van der Waals surface area contributed by atoms with Crippen LogP contribution >= 0.6 is 0 Å². The fourth-order valence-electron chi connectivity index (χ4n) is 12.3. The van der Waals surface area contributed by atoms with Gasteiger partial charge in [-0.05, 0) is 135 Å². The van der Waals surface area contributed by atoms with Gasteiger partial charge in [0.2, 0.25) is 0 Å². The Balaban J connectivity index is 0.791. The number of ether oxygens (including phenoxy) is 2. The van der Waals surface area contributed by atoms with Crippen molar-refractivity contribution in [1.29, 1.82) is 0 Å². The number of furan rings is 1. The number of aliphatic hydroxyl groups is 1. The molecular weight excluding hydrogens is 985 g/mol. The molecule has 17 nitrogen and oxygen atoms in total. The molecule has 11 rings (SSSR count). The number of nitrogens with zero attached hydrogens (tertiary/aromatic N) is 5. The molecular formula is C58H66N8O9S. The average Bonchev–Trinajstić information content (AvgIpc) is 4.02. The zero-order valence-electron chi connectivity index (χ0n) is 43.7. The predicted octanol–water partition coefficient (Wildman–Crippen LogP) is 10.4. The Morgan fingerprint density at radius 2 is 1.78 bits per heavy atom. The van der Waals surface area contributed by atoms with Crippen molar-refractivity contribution in [3.05, 3.63) is 142 Å². The largest absolute Gasteiger partial charge is 0.493 e. The summed E-state index contributed by atoms with van der Waals surface area (Å²) < 4.78 is 48.0. The van der Waals surface area contributed by atoms with E-state index < -0.39 is 37.0 Å². The third-order valence-electron chi connectivity index (χ3n) is 16.4. The second-order valence-corrected chi connectivity index (χ2v) is 24.0. The number of nitro benzene ring substituents is 1. The number of aryl methyl sites for hydroxylation is 1. The van der Waals surface area contributed by atoms with Crippen molar-refractivity contribution in [1.82, 2.24) is 24.5 Å². The number of carbonyl (C=O) groups excluding carboxylic acids is 1. The lowest BCUT2D eigenvalue weighted by atomic mass is 9.59. The topological polar surface area (TPSA) is 209 Å². The van der Waals surface area contributed by atoms with Crippen LogP contribution in [-0.4, -0.2) is 102 Å². The Bertz CT molecular complexity index is 3440. The molecule has 1 atom stereocenters. The lowest BCUT2D eigenvalue weighted by Gasteiger charge is -2.63. The Hall–Kier alpha value is -6.99. The van der Waals surface area contributed by atoms with Gasteiger partial charge in [-0.15, -0.1) is 0 Å². The highest BCUT2D eigenvalue weighted by atomic mass is 32.2. The Morgan fingerprint density at radius 3 is 2.54 bits per heavy atom. The number of nitro groups is 1. The molecule has 2 saturated heterocycles. The number of piperazine rings is 1. The van der Waals surface area contributed by atoms with Crippen LogP contribution < -0.4 is 24.4 Å². The molecule has 2 saturated carbocycles. The highest BCUT2D eigenvalue weighted by Gasteiger charge is 2.55. The Labute approximate surface area is 442 Å². The van der Waals surface area contributed by atoms with Crippen LogP contribution in [0.15, 0.2) is 113 Å².